The zero-order chi connectivity index (χ0) is 10.3. The molecule has 1 aliphatic heterocycles. The van der Waals surface area contributed by atoms with Gasteiger partial charge in [0.05, 0.1) is 6.10 Å². The van der Waals surface area contributed by atoms with Gasteiger partial charge in [-0.3, -0.25) is 0 Å². The summed E-state index contributed by atoms with van der Waals surface area (Å²) in [4.78, 5) is 0. The standard InChI is InChI=1S/C5H10NO2.C3H5F2/c6-3-4(7)5-1-2-8-5;1-2-3(4)5/h4-5H,1-3,6H2;2-3H,1H3. The van der Waals surface area contributed by atoms with E-state index in [0.717, 1.165) is 19.4 Å². The molecule has 0 aromatic carbocycles. The van der Waals surface area contributed by atoms with Crippen LogP contribution < -0.4 is 5.73 Å². The van der Waals surface area contributed by atoms with E-state index in [1.165, 1.54) is 6.92 Å². The Bertz CT molecular complexity index is 118. The molecule has 0 bridgehead atoms. The minimum absolute atomic E-state index is 0.0833. The molecule has 2 radical (unpaired) electrons. The van der Waals surface area contributed by atoms with Crippen LogP contribution in [0, 0.1) is 6.42 Å². The summed E-state index contributed by atoms with van der Waals surface area (Å²) in [6, 6.07) is 0. The molecule has 0 saturated carbocycles. The Kier molecular flexibility index (Phi) is 7.03. The summed E-state index contributed by atoms with van der Waals surface area (Å²) in [6.45, 7) is 2.26. The lowest BCUT2D eigenvalue weighted by Gasteiger charge is -2.28. The number of nitrogens with two attached hydrogens (primary N) is 1. The highest BCUT2D eigenvalue weighted by atomic mass is 19.3. The van der Waals surface area contributed by atoms with E-state index in [2.05, 4.69) is 0 Å². The first kappa shape index (κ1) is 12.7. The van der Waals surface area contributed by atoms with Crippen LogP contribution in [-0.4, -0.2) is 31.8 Å². The molecule has 0 spiro atoms. The van der Waals surface area contributed by atoms with E-state index in [1.54, 1.807) is 0 Å². The molecule has 0 amide bonds. The van der Waals surface area contributed by atoms with Gasteiger partial charge >= 0.3 is 0 Å². The smallest absolute Gasteiger partial charge is 0.241 e. The van der Waals surface area contributed by atoms with Crippen LogP contribution in [0.2, 0.25) is 0 Å². The monoisotopic (exact) mass is 195 g/mol. The average molecular weight is 195 g/mol. The summed E-state index contributed by atoms with van der Waals surface area (Å²) < 4.78 is 26.3. The van der Waals surface area contributed by atoms with Gasteiger partial charge in [0.15, 0.2) is 0 Å². The molecule has 0 aliphatic carbocycles. The number of hydrogen-bond acceptors (Lipinski definition) is 2. The van der Waals surface area contributed by atoms with Crippen LogP contribution in [-0.2, 0) is 9.84 Å². The van der Waals surface area contributed by atoms with Crippen molar-refractivity contribution in [2.75, 3.05) is 13.2 Å². The molecule has 13 heavy (non-hydrogen) atoms. The number of ether oxygens (including phenoxy) is 1. The Hall–Kier alpha value is -0.260. The maximum atomic E-state index is 10.7. The van der Waals surface area contributed by atoms with Crippen molar-refractivity contribution in [3.63, 3.8) is 0 Å². The molecular formula is C8H15F2NO2. The fraction of sp³-hybridized carbons (Fsp3) is 0.875. The maximum absolute atomic E-state index is 10.7. The fourth-order valence-corrected chi connectivity index (χ4v) is 0.699. The first-order chi connectivity index (χ1) is 6.11. The Morgan fingerprint density at radius 1 is 1.69 bits per heavy atom. The van der Waals surface area contributed by atoms with Gasteiger partial charge in [-0.25, -0.2) is 13.9 Å². The van der Waals surface area contributed by atoms with Crippen LogP contribution >= 0.6 is 0 Å². The first-order valence-corrected chi connectivity index (χ1v) is 4.17. The molecule has 1 saturated heterocycles. The zero-order valence-corrected chi connectivity index (χ0v) is 7.58. The van der Waals surface area contributed by atoms with E-state index in [-0.39, 0.29) is 12.6 Å². The topological polar surface area (TPSA) is 55.2 Å². The fourth-order valence-electron chi connectivity index (χ4n) is 0.699. The number of halogens is 2. The van der Waals surface area contributed by atoms with Gasteiger partial charge in [-0.15, -0.1) is 0 Å². The molecule has 0 aromatic rings. The molecule has 1 aliphatic rings. The van der Waals surface area contributed by atoms with Crippen molar-refractivity contribution < 1.29 is 18.6 Å². The molecule has 1 fully saturated rings. The van der Waals surface area contributed by atoms with Crippen LogP contribution in [0.4, 0.5) is 8.78 Å². The third-order valence-electron chi connectivity index (χ3n) is 1.63. The minimum Gasteiger partial charge on any atom is -0.375 e. The molecule has 5 heteroatoms. The molecule has 1 rings (SSSR count). The van der Waals surface area contributed by atoms with Gasteiger partial charge in [-0.1, -0.05) is 6.92 Å². The molecule has 1 heterocycles. The quantitative estimate of drug-likeness (QED) is 0.730. The SMILES string of the molecule is C[CH]C(F)F.NCC([O])C1CCO1. The van der Waals surface area contributed by atoms with Gasteiger partial charge in [0.25, 0.3) is 0 Å². The zero-order valence-electron chi connectivity index (χ0n) is 7.58. The second-order valence-electron chi connectivity index (χ2n) is 2.64. The first-order valence-electron chi connectivity index (χ1n) is 4.17. The van der Waals surface area contributed by atoms with Gasteiger partial charge in [0, 0.05) is 19.6 Å². The van der Waals surface area contributed by atoms with Crippen molar-refractivity contribution in [1.29, 1.82) is 0 Å². The van der Waals surface area contributed by atoms with Gasteiger partial charge in [-0.2, -0.15) is 0 Å². The summed E-state index contributed by atoms with van der Waals surface area (Å²) in [7, 11) is 0. The highest BCUT2D eigenvalue weighted by molar-refractivity contribution is 4.75. The third-order valence-corrected chi connectivity index (χ3v) is 1.63. The number of rotatable bonds is 3. The lowest BCUT2D eigenvalue weighted by Crippen LogP contribution is -2.41. The number of alkyl halides is 2. The van der Waals surface area contributed by atoms with Crippen molar-refractivity contribution >= 4 is 0 Å². The summed E-state index contributed by atoms with van der Waals surface area (Å²) in [5, 5.41) is 10.6. The van der Waals surface area contributed by atoms with E-state index in [4.69, 9.17) is 10.5 Å². The molecule has 0 aromatic heterocycles. The molecular weight excluding hydrogens is 180 g/mol. The Balaban J connectivity index is 0.000000252. The highest BCUT2D eigenvalue weighted by Gasteiger charge is 2.26. The van der Waals surface area contributed by atoms with Crippen molar-refractivity contribution in [2.45, 2.75) is 32.0 Å². The summed E-state index contributed by atoms with van der Waals surface area (Å²) >= 11 is 0. The normalized spacial score (nSPS) is 23.1. The Morgan fingerprint density at radius 3 is 2.23 bits per heavy atom. The van der Waals surface area contributed by atoms with E-state index in [1.807, 2.05) is 0 Å². The van der Waals surface area contributed by atoms with E-state index < -0.39 is 12.5 Å². The van der Waals surface area contributed by atoms with Crippen LogP contribution in [0.5, 0.6) is 0 Å². The van der Waals surface area contributed by atoms with Crippen LogP contribution in [0.25, 0.3) is 0 Å². The van der Waals surface area contributed by atoms with E-state index in [0.29, 0.717) is 0 Å². The van der Waals surface area contributed by atoms with Crippen LogP contribution in [0.1, 0.15) is 13.3 Å². The Morgan fingerprint density at radius 2 is 2.15 bits per heavy atom. The summed E-state index contributed by atoms with van der Waals surface area (Å²) in [5.74, 6) is 0. The minimum atomic E-state index is -2.24. The number of hydrogen-bond donors (Lipinski definition) is 1. The van der Waals surface area contributed by atoms with E-state index >= 15 is 0 Å². The lowest BCUT2D eigenvalue weighted by atomic mass is 10.1. The van der Waals surface area contributed by atoms with Crippen molar-refractivity contribution in [3.05, 3.63) is 6.42 Å². The molecule has 2 atom stereocenters. The lowest BCUT2D eigenvalue weighted by molar-refractivity contribution is -0.132. The van der Waals surface area contributed by atoms with Gasteiger partial charge in [-0.05, 0) is 6.42 Å². The second kappa shape index (κ2) is 7.17. The van der Waals surface area contributed by atoms with Crippen LogP contribution in [0.3, 0.4) is 0 Å². The Labute approximate surface area is 76.9 Å². The molecule has 2 unspecified atom stereocenters. The van der Waals surface area contributed by atoms with Gasteiger partial charge in [0.2, 0.25) is 6.43 Å². The molecule has 3 nitrogen and oxygen atoms in total. The summed E-state index contributed by atoms with van der Waals surface area (Å²) in [6.07, 6.45) is -1.29. The third kappa shape index (κ3) is 5.90. The van der Waals surface area contributed by atoms with Gasteiger partial charge < -0.3 is 10.5 Å². The van der Waals surface area contributed by atoms with Crippen molar-refractivity contribution in [3.8, 4) is 0 Å². The highest BCUT2D eigenvalue weighted by Crippen LogP contribution is 2.14. The summed E-state index contributed by atoms with van der Waals surface area (Å²) in [5.41, 5.74) is 5.09. The molecule has 78 valence electrons. The maximum Gasteiger partial charge on any atom is 0.241 e. The van der Waals surface area contributed by atoms with Gasteiger partial charge in [0.1, 0.15) is 6.10 Å². The largest absolute Gasteiger partial charge is 0.375 e. The second-order valence-corrected chi connectivity index (χ2v) is 2.64. The predicted octanol–water partition coefficient (Wildman–Crippen LogP) is 1.01. The van der Waals surface area contributed by atoms with Crippen LogP contribution in [0.15, 0.2) is 0 Å². The van der Waals surface area contributed by atoms with Crippen molar-refractivity contribution in [2.24, 2.45) is 5.73 Å². The predicted molar refractivity (Wildman–Crippen MR) is 43.9 cm³/mol. The molecule has 2 N–H and O–H groups in total. The average Bonchev–Trinajstić information content (AvgIpc) is 2.02. The van der Waals surface area contributed by atoms with Crippen molar-refractivity contribution in [1.82, 2.24) is 0 Å². The van der Waals surface area contributed by atoms with E-state index in [9.17, 15) is 13.9 Å².